The molecule has 0 heterocycles. The molecule has 0 N–H and O–H groups in total. The lowest BCUT2D eigenvalue weighted by Gasteiger charge is -2.38. The Morgan fingerprint density at radius 2 is 1.48 bits per heavy atom. The minimum atomic E-state index is -1.38. The first-order valence-electron chi connectivity index (χ1n) is 7.74. The molecular formula is C18H30Si3. The van der Waals surface area contributed by atoms with Gasteiger partial charge in [0.15, 0.2) is 0 Å². The van der Waals surface area contributed by atoms with Crippen LogP contribution in [0.25, 0.3) is 0 Å². The van der Waals surface area contributed by atoms with Crippen LogP contribution in [0.4, 0.5) is 0 Å². The van der Waals surface area contributed by atoms with E-state index >= 15 is 0 Å². The van der Waals surface area contributed by atoms with Crippen LogP contribution in [0.2, 0.25) is 51.9 Å². The summed E-state index contributed by atoms with van der Waals surface area (Å²) < 4.78 is 0. The summed E-state index contributed by atoms with van der Waals surface area (Å²) in [5.74, 6) is 3.35. The molecule has 0 unspecified atom stereocenters. The Bertz CT molecular complexity index is 549. The van der Waals surface area contributed by atoms with Gasteiger partial charge in [-0.1, -0.05) is 75.1 Å². The average Bonchev–Trinajstić information content (AvgIpc) is 2.35. The van der Waals surface area contributed by atoms with Crippen molar-refractivity contribution in [2.24, 2.45) is 0 Å². The molecule has 0 aliphatic heterocycles. The Morgan fingerprint density at radius 1 is 0.952 bits per heavy atom. The van der Waals surface area contributed by atoms with E-state index < -0.39 is 23.3 Å². The van der Waals surface area contributed by atoms with E-state index in [0.717, 1.165) is 5.56 Å². The van der Waals surface area contributed by atoms with E-state index in [0.29, 0.717) is 0 Å². The van der Waals surface area contributed by atoms with Gasteiger partial charge >= 0.3 is 0 Å². The van der Waals surface area contributed by atoms with E-state index in [2.05, 4.69) is 94.2 Å². The van der Waals surface area contributed by atoms with Gasteiger partial charge in [-0.15, -0.1) is 12.1 Å². The standard InChI is InChI=1S/C18H30Si3/c1-9-15-20(5,6)21(7,8)18-12-10-17(11-13-18)14-16-19(2,3)4/h9-13H,1,15H2,2-8H3. The van der Waals surface area contributed by atoms with Crippen LogP contribution in [0.3, 0.4) is 0 Å². The summed E-state index contributed by atoms with van der Waals surface area (Å²) in [5.41, 5.74) is 4.60. The lowest BCUT2D eigenvalue weighted by atomic mass is 10.2. The maximum absolute atomic E-state index is 3.96. The summed E-state index contributed by atoms with van der Waals surface area (Å²) in [7, 11) is -3.92. The van der Waals surface area contributed by atoms with Gasteiger partial charge < -0.3 is 0 Å². The molecule has 0 fully saturated rings. The van der Waals surface area contributed by atoms with Gasteiger partial charge in [0.25, 0.3) is 0 Å². The second-order valence-electron chi connectivity index (χ2n) is 8.08. The Labute approximate surface area is 134 Å². The van der Waals surface area contributed by atoms with E-state index in [4.69, 9.17) is 0 Å². The van der Waals surface area contributed by atoms with Crippen molar-refractivity contribution in [3.8, 4) is 11.5 Å². The molecule has 1 rings (SSSR count). The summed E-state index contributed by atoms with van der Waals surface area (Å²) in [5, 5.41) is 1.57. The molecule has 0 radical (unpaired) electrons. The van der Waals surface area contributed by atoms with Crippen molar-refractivity contribution in [3.05, 3.63) is 42.5 Å². The molecule has 0 aliphatic carbocycles. The van der Waals surface area contributed by atoms with Crippen LogP contribution < -0.4 is 5.19 Å². The Kier molecular flexibility index (Phi) is 5.65. The maximum atomic E-state index is 3.96. The number of hydrogen-bond acceptors (Lipinski definition) is 0. The lowest BCUT2D eigenvalue weighted by molar-refractivity contribution is 1.56. The third-order valence-electron chi connectivity index (χ3n) is 4.54. The normalized spacial score (nSPS) is 12.5. The van der Waals surface area contributed by atoms with Gasteiger partial charge in [0, 0.05) is 5.56 Å². The first-order valence-corrected chi connectivity index (χ1v) is 18.4. The highest BCUT2D eigenvalue weighted by molar-refractivity contribution is 7.45. The molecule has 0 bridgehead atoms. The number of allylic oxidation sites excluding steroid dienone is 1. The minimum absolute atomic E-state index is 1.16. The maximum Gasteiger partial charge on any atom is 0.129 e. The van der Waals surface area contributed by atoms with Crippen molar-refractivity contribution >= 4 is 28.4 Å². The Morgan fingerprint density at radius 3 is 1.90 bits per heavy atom. The summed E-state index contributed by atoms with van der Waals surface area (Å²) in [6.07, 6.45) is 2.12. The van der Waals surface area contributed by atoms with Crippen LogP contribution >= 0.6 is 0 Å². The van der Waals surface area contributed by atoms with Crippen LogP contribution in [0, 0.1) is 11.5 Å². The number of hydrogen-bond donors (Lipinski definition) is 0. The van der Waals surface area contributed by atoms with E-state index in [1.807, 2.05) is 0 Å². The van der Waals surface area contributed by atoms with Gasteiger partial charge in [-0.25, -0.2) is 0 Å². The Balaban J connectivity index is 3.06. The molecule has 1 aromatic carbocycles. The van der Waals surface area contributed by atoms with Gasteiger partial charge in [0.1, 0.15) is 8.07 Å². The molecule has 0 saturated heterocycles. The highest BCUT2D eigenvalue weighted by Gasteiger charge is 2.40. The predicted octanol–water partition coefficient (Wildman–Crippen LogP) is 4.80. The van der Waals surface area contributed by atoms with Crippen molar-refractivity contribution in [3.63, 3.8) is 0 Å². The van der Waals surface area contributed by atoms with Crippen LogP contribution in [0.15, 0.2) is 36.9 Å². The Hall–Kier alpha value is -0.829. The van der Waals surface area contributed by atoms with Gasteiger partial charge in [-0.2, -0.15) is 0 Å². The van der Waals surface area contributed by atoms with E-state index in [9.17, 15) is 0 Å². The number of benzene rings is 1. The third kappa shape index (κ3) is 4.84. The van der Waals surface area contributed by atoms with Crippen LogP contribution in [0.5, 0.6) is 0 Å². The van der Waals surface area contributed by atoms with Crippen molar-refractivity contribution in [2.75, 3.05) is 0 Å². The lowest BCUT2D eigenvalue weighted by Crippen LogP contribution is -2.62. The molecule has 0 nitrogen and oxygen atoms in total. The highest BCUT2D eigenvalue weighted by Crippen LogP contribution is 2.23. The fraction of sp³-hybridized carbons (Fsp3) is 0.444. The monoisotopic (exact) mass is 330 g/mol. The molecule has 21 heavy (non-hydrogen) atoms. The van der Waals surface area contributed by atoms with Crippen molar-refractivity contribution in [1.29, 1.82) is 0 Å². The molecular weight excluding hydrogens is 300 g/mol. The molecule has 0 atom stereocenters. The molecule has 1 aromatic rings. The van der Waals surface area contributed by atoms with Crippen molar-refractivity contribution < 1.29 is 0 Å². The minimum Gasteiger partial charge on any atom is -0.127 e. The predicted molar refractivity (Wildman–Crippen MR) is 106 cm³/mol. The van der Waals surface area contributed by atoms with Crippen molar-refractivity contribution in [1.82, 2.24) is 0 Å². The SMILES string of the molecule is C=CC[Si](C)(C)[Si](C)(C)c1ccc(C#C[Si](C)(C)C)cc1. The second-order valence-corrected chi connectivity index (χ2v) is 28.6. The van der Waals surface area contributed by atoms with Gasteiger partial charge in [0.05, 0.1) is 15.2 Å². The highest BCUT2D eigenvalue weighted by atomic mass is 29.3. The molecule has 0 saturated carbocycles. The molecule has 114 valence electrons. The first kappa shape index (κ1) is 18.2. The smallest absolute Gasteiger partial charge is 0.127 e. The number of rotatable bonds is 4. The summed E-state index contributed by atoms with van der Waals surface area (Å²) in [4.78, 5) is 0. The molecule has 0 amide bonds. The molecule has 0 aliphatic rings. The van der Waals surface area contributed by atoms with Gasteiger partial charge in [0.2, 0.25) is 0 Å². The average molecular weight is 331 g/mol. The van der Waals surface area contributed by atoms with Gasteiger partial charge in [-0.3, -0.25) is 0 Å². The summed E-state index contributed by atoms with van der Waals surface area (Å²) >= 11 is 0. The topological polar surface area (TPSA) is 0 Å². The zero-order valence-electron chi connectivity index (χ0n) is 14.8. The summed E-state index contributed by atoms with van der Waals surface area (Å²) in [6.45, 7) is 20.9. The van der Waals surface area contributed by atoms with Crippen LogP contribution in [-0.2, 0) is 0 Å². The third-order valence-corrected chi connectivity index (χ3v) is 23.5. The van der Waals surface area contributed by atoms with Gasteiger partial charge in [-0.05, 0) is 18.2 Å². The first-order chi connectivity index (χ1) is 9.49. The molecule has 0 aromatic heterocycles. The second kappa shape index (κ2) is 6.51. The molecule has 0 spiro atoms. The zero-order chi connectivity index (χ0) is 16.3. The molecule has 3 heteroatoms. The zero-order valence-corrected chi connectivity index (χ0v) is 17.8. The van der Waals surface area contributed by atoms with Crippen LogP contribution in [-0.4, -0.2) is 23.3 Å². The van der Waals surface area contributed by atoms with Crippen LogP contribution in [0.1, 0.15) is 5.56 Å². The summed E-state index contributed by atoms with van der Waals surface area (Å²) in [6, 6.07) is 10.3. The fourth-order valence-corrected chi connectivity index (χ4v) is 10.6. The quantitative estimate of drug-likeness (QED) is 0.422. The van der Waals surface area contributed by atoms with E-state index in [1.54, 1.807) is 5.19 Å². The van der Waals surface area contributed by atoms with Crippen molar-refractivity contribution in [2.45, 2.75) is 51.9 Å². The van der Waals surface area contributed by atoms with E-state index in [-0.39, 0.29) is 0 Å². The largest absolute Gasteiger partial charge is 0.129 e. The van der Waals surface area contributed by atoms with E-state index in [1.165, 1.54) is 6.04 Å². The fourth-order valence-electron chi connectivity index (χ4n) is 2.24.